The molecule has 0 aliphatic carbocycles. The monoisotopic (exact) mass is 279 g/mol. The second-order valence-electron chi connectivity index (χ2n) is 5.09. The average Bonchev–Trinajstić information content (AvgIpc) is 2.48. The highest BCUT2D eigenvalue weighted by atomic mass is 16.3. The number of nitrogens with two attached hydrogens (primary N) is 1. The van der Waals surface area contributed by atoms with Crippen molar-refractivity contribution in [1.29, 1.82) is 0 Å². The van der Waals surface area contributed by atoms with Gasteiger partial charge in [0.1, 0.15) is 0 Å². The van der Waals surface area contributed by atoms with Crippen LogP contribution < -0.4 is 5.73 Å². The Morgan fingerprint density at radius 2 is 1.95 bits per heavy atom. The zero-order chi connectivity index (χ0) is 14.7. The molecular weight excluding hydrogens is 258 g/mol. The number of rotatable bonds is 3. The van der Waals surface area contributed by atoms with Gasteiger partial charge in [-0.05, 0) is 19.1 Å². The molecule has 0 saturated carbocycles. The van der Waals surface area contributed by atoms with Gasteiger partial charge in [0.25, 0.3) is 5.91 Å². The Morgan fingerprint density at radius 1 is 1.30 bits per heavy atom. The molecule has 1 saturated heterocycles. The molecule has 0 aromatic heterocycles. The molecule has 1 aliphatic rings. The Bertz CT molecular complexity index is 485. The zero-order valence-electron chi connectivity index (χ0n) is 11.6. The molecule has 6 heteroatoms. The van der Waals surface area contributed by atoms with Crippen molar-refractivity contribution in [2.24, 2.45) is 5.73 Å². The summed E-state index contributed by atoms with van der Waals surface area (Å²) in [5.74, 6) is -0.875. The van der Waals surface area contributed by atoms with Crippen LogP contribution in [0.1, 0.15) is 17.3 Å². The predicted molar refractivity (Wildman–Crippen MR) is 75.8 cm³/mol. The van der Waals surface area contributed by atoms with Gasteiger partial charge >= 0.3 is 0 Å². The molecule has 0 spiro atoms. The van der Waals surface area contributed by atoms with Crippen LogP contribution in [0.5, 0.6) is 11.5 Å². The summed E-state index contributed by atoms with van der Waals surface area (Å²) in [6.07, 6.45) is 0. The van der Waals surface area contributed by atoms with Gasteiger partial charge in [0.2, 0.25) is 0 Å². The number of carbonyl (C=O) groups is 1. The number of amides is 1. The van der Waals surface area contributed by atoms with Gasteiger partial charge in [0.15, 0.2) is 11.5 Å². The first-order valence-electron chi connectivity index (χ1n) is 6.79. The van der Waals surface area contributed by atoms with Crippen LogP contribution in [0.2, 0.25) is 0 Å². The van der Waals surface area contributed by atoms with E-state index in [-0.39, 0.29) is 23.0 Å². The highest BCUT2D eigenvalue weighted by molar-refractivity contribution is 5.97. The predicted octanol–water partition coefficient (Wildman–Crippen LogP) is 0.203. The van der Waals surface area contributed by atoms with Crippen molar-refractivity contribution in [3.63, 3.8) is 0 Å². The second kappa shape index (κ2) is 6.11. The summed E-state index contributed by atoms with van der Waals surface area (Å²) in [5.41, 5.74) is 5.79. The van der Waals surface area contributed by atoms with Gasteiger partial charge in [0.05, 0.1) is 5.56 Å². The molecule has 1 fully saturated rings. The molecule has 110 valence electrons. The fraction of sp³-hybridized carbons (Fsp3) is 0.500. The number of nitrogens with zero attached hydrogens (tertiary/aromatic N) is 2. The molecule has 2 rings (SSSR count). The largest absolute Gasteiger partial charge is 0.504 e. The van der Waals surface area contributed by atoms with Crippen molar-refractivity contribution >= 4 is 5.91 Å². The van der Waals surface area contributed by atoms with E-state index in [1.54, 1.807) is 11.0 Å². The van der Waals surface area contributed by atoms with E-state index >= 15 is 0 Å². The van der Waals surface area contributed by atoms with Crippen LogP contribution in [-0.4, -0.2) is 64.7 Å². The Labute approximate surface area is 118 Å². The van der Waals surface area contributed by atoms with E-state index in [1.807, 2.05) is 0 Å². The first-order valence-corrected chi connectivity index (χ1v) is 6.79. The molecule has 4 N–H and O–H groups in total. The quantitative estimate of drug-likeness (QED) is 0.688. The lowest BCUT2D eigenvalue weighted by Gasteiger charge is -2.37. The number of hydrogen-bond acceptors (Lipinski definition) is 5. The van der Waals surface area contributed by atoms with Crippen molar-refractivity contribution in [2.75, 3.05) is 32.7 Å². The third kappa shape index (κ3) is 2.86. The summed E-state index contributed by atoms with van der Waals surface area (Å²) >= 11 is 0. The molecule has 0 radical (unpaired) electrons. The molecule has 1 heterocycles. The van der Waals surface area contributed by atoms with E-state index in [9.17, 15) is 15.0 Å². The number of aromatic hydroxyl groups is 2. The summed E-state index contributed by atoms with van der Waals surface area (Å²) in [6, 6.07) is 4.73. The number of benzene rings is 1. The Balaban J connectivity index is 2.03. The zero-order valence-corrected chi connectivity index (χ0v) is 11.6. The van der Waals surface area contributed by atoms with E-state index in [0.717, 1.165) is 13.1 Å². The van der Waals surface area contributed by atoms with Gasteiger partial charge in [-0.25, -0.2) is 0 Å². The number of phenolic OH excluding ortho intramolecular Hbond substituents is 2. The lowest BCUT2D eigenvalue weighted by Crippen LogP contribution is -2.52. The van der Waals surface area contributed by atoms with Crippen molar-refractivity contribution in [3.8, 4) is 11.5 Å². The number of para-hydroxylation sites is 1. The van der Waals surface area contributed by atoms with Crippen molar-refractivity contribution < 1.29 is 15.0 Å². The minimum absolute atomic E-state index is 0.144. The lowest BCUT2D eigenvalue weighted by molar-refractivity contribution is 0.0585. The van der Waals surface area contributed by atoms with Gasteiger partial charge in [-0.2, -0.15) is 0 Å². The highest BCUT2D eigenvalue weighted by Crippen LogP contribution is 2.29. The van der Waals surface area contributed by atoms with Gasteiger partial charge < -0.3 is 20.8 Å². The molecule has 1 aromatic rings. The van der Waals surface area contributed by atoms with Crippen molar-refractivity contribution in [2.45, 2.75) is 13.0 Å². The smallest absolute Gasteiger partial charge is 0.257 e. The summed E-state index contributed by atoms with van der Waals surface area (Å²) < 4.78 is 0. The van der Waals surface area contributed by atoms with E-state index in [1.165, 1.54) is 12.1 Å². The van der Waals surface area contributed by atoms with Crippen LogP contribution in [0.3, 0.4) is 0 Å². The fourth-order valence-corrected chi connectivity index (χ4v) is 2.39. The van der Waals surface area contributed by atoms with Crippen molar-refractivity contribution in [1.82, 2.24) is 9.80 Å². The minimum atomic E-state index is -0.352. The van der Waals surface area contributed by atoms with Gasteiger partial charge in [0, 0.05) is 38.8 Å². The van der Waals surface area contributed by atoms with E-state index < -0.39 is 0 Å². The molecule has 0 bridgehead atoms. The molecule has 6 nitrogen and oxygen atoms in total. The maximum Gasteiger partial charge on any atom is 0.257 e. The third-order valence-electron chi connectivity index (χ3n) is 3.81. The Kier molecular flexibility index (Phi) is 4.46. The van der Waals surface area contributed by atoms with Crippen LogP contribution in [0, 0.1) is 0 Å². The van der Waals surface area contributed by atoms with Crippen LogP contribution >= 0.6 is 0 Å². The van der Waals surface area contributed by atoms with Gasteiger partial charge in [-0.1, -0.05) is 6.07 Å². The number of piperazine rings is 1. The molecule has 1 unspecified atom stereocenters. The van der Waals surface area contributed by atoms with Crippen LogP contribution in [0.15, 0.2) is 18.2 Å². The first kappa shape index (κ1) is 14.6. The fourth-order valence-electron chi connectivity index (χ4n) is 2.39. The summed E-state index contributed by atoms with van der Waals surface area (Å²) in [6.45, 7) is 5.39. The first-order chi connectivity index (χ1) is 9.54. The maximum atomic E-state index is 12.3. The van der Waals surface area contributed by atoms with E-state index in [4.69, 9.17) is 5.73 Å². The number of phenols is 2. The second-order valence-corrected chi connectivity index (χ2v) is 5.09. The highest BCUT2D eigenvalue weighted by Gasteiger charge is 2.26. The van der Waals surface area contributed by atoms with Gasteiger partial charge in [-0.15, -0.1) is 0 Å². The molecule has 1 aromatic carbocycles. The Morgan fingerprint density at radius 3 is 2.55 bits per heavy atom. The minimum Gasteiger partial charge on any atom is -0.504 e. The molecule has 1 atom stereocenters. The van der Waals surface area contributed by atoms with Crippen LogP contribution in [0.4, 0.5) is 0 Å². The van der Waals surface area contributed by atoms with E-state index in [0.29, 0.717) is 25.7 Å². The molecular formula is C14H21N3O3. The van der Waals surface area contributed by atoms with Crippen molar-refractivity contribution in [3.05, 3.63) is 23.8 Å². The third-order valence-corrected chi connectivity index (χ3v) is 3.81. The molecule has 1 amide bonds. The number of hydrogen-bond donors (Lipinski definition) is 3. The summed E-state index contributed by atoms with van der Waals surface area (Å²) in [4.78, 5) is 16.3. The van der Waals surface area contributed by atoms with E-state index in [2.05, 4.69) is 11.8 Å². The standard InChI is InChI=1S/C14H21N3O3/c1-10(9-15)16-5-7-17(8-6-16)14(20)11-3-2-4-12(18)13(11)19/h2-4,10,18-19H,5-9,15H2,1H3. The maximum absolute atomic E-state index is 12.3. The average molecular weight is 279 g/mol. The van der Waals surface area contributed by atoms with Crippen LogP contribution in [0.25, 0.3) is 0 Å². The van der Waals surface area contributed by atoms with Crippen LogP contribution in [-0.2, 0) is 0 Å². The van der Waals surface area contributed by atoms with Gasteiger partial charge in [-0.3, -0.25) is 9.69 Å². The topological polar surface area (TPSA) is 90.0 Å². The SMILES string of the molecule is CC(CN)N1CCN(C(=O)c2cccc(O)c2O)CC1. The lowest BCUT2D eigenvalue weighted by atomic mass is 10.1. The molecule has 1 aliphatic heterocycles. The Hall–Kier alpha value is -1.79. The normalized spacial score (nSPS) is 18.0. The molecule has 20 heavy (non-hydrogen) atoms. The summed E-state index contributed by atoms with van der Waals surface area (Å²) in [5, 5.41) is 19.2. The number of carbonyl (C=O) groups excluding carboxylic acids is 1. The summed E-state index contributed by atoms with van der Waals surface area (Å²) in [7, 11) is 0.